The summed E-state index contributed by atoms with van der Waals surface area (Å²) in [6, 6.07) is 10.0. The molecule has 20 heavy (non-hydrogen) atoms. The highest BCUT2D eigenvalue weighted by Crippen LogP contribution is 2.15. The van der Waals surface area contributed by atoms with Crippen molar-refractivity contribution in [1.29, 1.82) is 0 Å². The molecule has 1 heterocycles. The Morgan fingerprint density at radius 3 is 2.60 bits per heavy atom. The molecule has 0 aliphatic rings. The van der Waals surface area contributed by atoms with Gasteiger partial charge in [0.15, 0.2) is 0 Å². The molecule has 0 saturated carbocycles. The molecule has 108 valence electrons. The SMILES string of the molecule is CCNCc1occc1CN(C)Cc1ccc(Cl)cc1. The Labute approximate surface area is 125 Å². The van der Waals surface area contributed by atoms with Gasteiger partial charge in [0.2, 0.25) is 0 Å². The molecule has 0 saturated heterocycles. The summed E-state index contributed by atoms with van der Waals surface area (Å²) >= 11 is 5.90. The summed E-state index contributed by atoms with van der Waals surface area (Å²) in [5, 5.41) is 4.07. The molecule has 0 amide bonds. The molecule has 2 aromatic rings. The van der Waals surface area contributed by atoms with Crippen molar-refractivity contribution in [2.75, 3.05) is 13.6 Å². The van der Waals surface area contributed by atoms with Crippen molar-refractivity contribution >= 4 is 11.6 Å². The monoisotopic (exact) mass is 292 g/mol. The van der Waals surface area contributed by atoms with Crippen LogP contribution in [0.5, 0.6) is 0 Å². The highest BCUT2D eigenvalue weighted by molar-refractivity contribution is 6.30. The van der Waals surface area contributed by atoms with Crippen LogP contribution in [0.3, 0.4) is 0 Å². The van der Waals surface area contributed by atoms with Crippen LogP contribution in [0, 0.1) is 0 Å². The molecule has 0 aliphatic carbocycles. The second-order valence-electron chi connectivity index (χ2n) is 4.95. The van der Waals surface area contributed by atoms with Crippen LogP contribution in [0.2, 0.25) is 5.02 Å². The number of benzene rings is 1. The van der Waals surface area contributed by atoms with E-state index >= 15 is 0 Å². The molecule has 0 unspecified atom stereocenters. The van der Waals surface area contributed by atoms with Crippen molar-refractivity contribution in [3.05, 3.63) is 58.5 Å². The third-order valence-corrected chi connectivity index (χ3v) is 3.43. The zero-order valence-corrected chi connectivity index (χ0v) is 12.8. The fraction of sp³-hybridized carbons (Fsp3) is 0.375. The molecule has 3 nitrogen and oxygen atoms in total. The number of hydrogen-bond donors (Lipinski definition) is 1. The Bertz CT molecular complexity index is 522. The minimum absolute atomic E-state index is 0.777. The molecule has 0 bridgehead atoms. The normalized spacial score (nSPS) is 11.2. The number of halogens is 1. The standard InChI is InChI=1S/C16H21ClN2O/c1-3-18-10-16-14(8-9-20-16)12-19(2)11-13-4-6-15(17)7-5-13/h4-9,18H,3,10-12H2,1-2H3. The topological polar surface area (TPSA) is 28.4 Å². The number of rotatable bonds is 7. The molecule has 4 heteroatoms. The summed E-state index contributed by atoms with van der Waals surface area (Å²) in [5.74, 6) is 1.02. The van der Waals surface area contributed by atoms with E-state index in [9.17, 15) is 0 Å². The highest BCUT2D eigenvalue weighted by Gasteiger charge is 2.09. The zero-order valence-electron chi connectivity index (χ0n) is 12.0. The van der Waals surface area contributed by atoms with Gasteiger partial charge in [-0.3, -0.25) is 4.90 Å². The zero-order chi connectivity index (χ0) is 14.4. The van der Waals surface area contributed by atoms with Crippen molar-refractivity contribution in [2.45, 2.75) is 26.6 Å². The van der Waals surface area contributed by atoms with Crippen molar-refractivity contribution in [3.8, 4) is 0 Å². The second-order valence-corrected chi connectivity index (χ2v) is 5.38. The Kier molecular flexibility index (Phi) is 5.65. The van der Waals surface area contributed by atoms with Gasteiger partial charge in [0.1, 0.15) is 5.76 Å². The maximum Gasteiger partial charge on any atom is 0.122 e. The summed E-state index contributed by atoms with van der Waals surface area (Å²) in [4.78, 5) is 2.27. The molecular formula is C16H21ClN2O. The minimum Gasteiger partial charge on any atom is -0.468 e. The maximum atomic E-state index is 5.90. The van der Waals surface area contributed by atoms with Gasteiger partial charge < -0.3 is 9.73 Å². The van der Waals surface area contributed by atoms with Crippen LogP contribution in [-0.4, -0.2) is 18.5 Å². The maximum absolute atomic E-state index is 5.90. The fourth-order valence-electron chi connectivity index (χ4n) is 2.15. The van der Waals surface area contributed by atoms with E-state index in [0.717, 1.165) is 37.0 Å². The molecule has 0 spiro atoms. The number of furan rings is 1. The predicted octanol–water partition coefficient (Wildman–Crippen LogP) is 3.67. The van der Waals surface area contributed by atoms with Crippen LogP contribution in [-0.2, 0) is 19.6 Å². The van der Waals surface area contributed by atoms with E-state index < -0.39 is 0 Å². The Balaban J connectivity index is 1.92. The van der Waals surface area contributed by atoms with Crippen LogP contribution in [0.15, 0.2) is 41.0 Å². The van der Waals surface area contributed by atoms with Crippen molar-refractivity contribution in [3.63, 3.8) is 0 Å². The first-order valence-corrected chi connectivity index (χ1v) is 7.25. The molecule has 0 radical (unpaired) electrons. The van der Waals surface area contributed by atoms with Gasteiger partial charge in [0, 0.05) is 23.7 Å². The molecule has 1 N–H and O–H groups in total. The van der Waals surface area contributed by atoms with Crippen molar-refractivity contribution in [1.82, 2.24) is 10.2 Å². The first-order chi connectivity index (χ1) is 9.69. The first kappa shape index (κ1) is 15.1. The predicted molar refractivity (Wildman–Crippen MR) is 82.7 cm³/mol. The highest BCUT2D eigenvalue weighted by atomic mass is 35.5. The van der Waals surface area contributed by atoms with Crippen LogP contribution < -0.4 is 5.32 Å². The van der Waals surface area contributed by atoms with Gasteiger partial charge in [-0.25, -0.2) is 0 Å². The van der Waals surface area contributed by atoms with Gasteiger partial charge >= 0.3 is 0 Å². The van der Waals surface area contributed by atoms with Crippen LogP contribution in [0.25, 0.3) is 0 Å². The molecule has 0 fully saturated rings. The van der Waals surface area contributed by atoms with Gasteiger partial charge in [0.05, 0.1) is 12.8 Å². The second kappa shape index (κ2) is 7.48. The van der Waals surface area contributed by atoms with E-state index in [1.165, 1.54) is 11.1 Å². The van der Waals surface area contributed by atoms with Gasteiger partial charge in [0.25, 0.3) is 0 Å². The lowest BCUT2D eigenvalue weighted by atomic mass is 10.2. The molecule has 1 aromatic heterocycles. The lowest BCUT2D eigenvalue weighted by molar-refractivity contribution is 0.315. The molecule has 1 aromatic carbocycles. The van der Waals surface area contributed by atoms with E-state index in [-0.39, 0.29) is 0 Å². The number of nitrogens with one attached hydrogen (secondary N) is 1. The average Bonchev–Trinajstić information content (AvgIpc) is 2.86. The summed E-state index contributed by atoms with van der Waals surface area (Å²) in [5.41, 5.74) is 2.50. The van der Waals surface area contributed by atoms with Crippen molar-refractivity contribution < 1.29 is 4.42 Å². The van der Waals surface area contributed by atoms with Crippen LogP contribution in [0.1, 0.15) is 23.8 Å². The van der Waals surface area contributed by atoms with Crippen LogP contribution in [0.4, 0.5) is 0 Å². The molecule has 2 rings (SSSR count). The Morgan fingerprint density at radius 2 is 1.90 bits per heavy atom. The van der Waals surface area contributed by atoms with Gasteiger partial charge in [-0.1, -0.05) is 30.7 Å². The van der Waals surface area contributed by atoms with Gasteiger partial charge in [-0.2, -0.15) is 0 Å². The minimum atomic E-state index is 0.777. The third-order valence-electron chi connectivity index (χ3n) is 3.18. The van der Waals surface area contributed by atoms with E-state index in [2.05, 4.69) is 36.3 Å². The third kappa shape index (κ3) is 4.37. The number of nitrogens with zero attached hydrogens (tertiary/aromatic N) is 1. The largest absolute Gasteiger partial charge is 0.468 e. The smallest absolute Gasteiger partial charge is 0.122 e. The number of hydrogen-bond acceptors (Lipinski definition) is 3. The van der Waals surface area contributed by atoms with Gasteiger partial charge in [-0.15, -0.1) is 0 Å². The molecule has 0 aliphatic heterocycles. The lowest BCUT2D eigenvalue weighted by Gasteiger charge is -2.16. The first-order valence-electron chi connectivity index (χ1n) is 6.88. The summed E-state index contributed by atoms with van der Waals surface area (Å²) in [6.45, 7) is 5.59. The molecular weight excluding hydrogens is 272 g/mol. The average molecular weight is 293 g/mol. The lowest BCUT2D eigenvalue weighted by Crippen LogP contribution is -2.19. The Morgan fingerprint density at radius 1 is 1.15 bits per heavy atom. The van der Waals surface area contributed by atoms with E-state index in [1.54, 1.807) is 6.26 Å². The van der Waals surface area contributed by atoms with E-state index in [1.807, 2.05) is 18.2 Å². The van der Waals surface area contributed by atoms with Gasteiger partial charge in [-0.05, 0) is 37.4 Å². The fourth-order valence-corrected chi connectivity index (χ4v) is 2.28. The van der Waals surface area contributed by atoms with E-state index in [0.29, 0.717) is 0 Å². The quantitative estimate of drug-likeness (QED) is 0.844. The Hall–Kier alpha value is -1.29. The van der Waals surface area contributed by atoms with E-state index in [4.69, 9.17) is 16.0 Å². The summed E-state index contributed by atoms with van der Waals surface area (Å²) in [6.07, 6.45) is 1.76. The molecule has 0 atom stereocenters. The summed E-state index contributed by atoms with van der Waals surface area (Å²) < 4.78 is 5.53. The van der Waals surface area contributed by atoms with Crippen molar-refractivity contribution in [2.24, 2.45) is 0 Å². The van der Waals surface area contributed by atoms with Crippen LogP contribution >= 0.6 is 11.6 Å². The summed E-state index contributed by atoms with van der Waals surface area (Å²) in [7, 11) is 2.11.